The van der Waals surface area contributed by atoms with Crippen molar-refractivity contribution >= 4 is 10.9 Å². The summed E-state index contributed by atoms with van der Waals surface area (Å²) in [6, 6.07) is 20.0. The van der Waals surface area contributed by atoms with Crippen LogP contribution in [0.1, 0.15) is 25.3 Å². The van der Waals surface area contributed by atoms with Crippen molar-refractivity contribution in [3.05, 3.63) is 83.3 Å². The van der Waals surface area contributed by atoms with Gasteiger partial charge < -0.3 is 0 Å². The number of aryl methyl sites for hydroxylation is 1. The molecule has 0 bridgehead atoms. The van der Waals surface area contributed by atoms with E-state index in [0.29, 0.717) is 0 Å². The SMILES string of the molecule is CCc1ccc([S+](C2=CCCC=C2)c2ccccc2)cc1. The standard InChI is InChI=1S/C20H21S/c1-2-17-13-15-20(16-14-17)21(18-9-5-3-6-10-18)19-11-7-4-8-12-19/h3,5-7,9-16H,2,4,8H2,1H3/q+1. The zero-order valence-corrected chi connectivity index (χ0v) is 13.3. The van der Waals surface area contributed by atoms with Crippen LogP contribution in [0.4, 0.5) is 0 Å². The van der Waals surface area contributed by atoms with Gasteiger partial charge in [-0.15, -0.1) is 0 Å². The predicted molar refractivity (Wildman–Crippen MR) is 92.6 cm³/mol. The van der Waals surface area contributed by atoms with E-state index in [1.807, 2.05) is 0 Å². The topological polar surface area (TPSA) is 0 Å². The van der Waals surface area contributed by atoms with Crippen LogP contribution in [0.25, 0.3) is 0 Å². The van der Waals surface area contributed by atoms with Gasteiger partial charge in [-0.2, -0.15) is 0 Å². The first-order valence-corrected chi connectivity index (χ1v) is 8.86. The lowest BCUT2D eigenvalue weighted by Gasteiger charge is -2.11. The van der Waals surface area contributed by atoms with Crippen LogP contribution in [0, 0.1) is 0 Å². The van der Waals surface area contributed by atoms with Gasteiger partial charge in [0.2, 0.25) is 0 Å². The molecule has 1 aliphatic rings. The fraction of sp³-hybridized carbons (Fsp3) is 0.200. The molecule has 0 nitrogen and oxygen atoms in total. The second kappa shape index (κ2) is 6.82. The summed E-state index contributed by atoms with van der Waals surface area (Å²) in [6.07, 6.45) is 10.5. The van der Waals surface area contributed by atoms with Gasteiger partial charge in [0.15, 0.2) is 14.7 Å². The molecule has 1 heteroatoms. The second-order valence-electron chi connectivity index (χ2n) is 5.20. The largest absolute Gasteiger partial charge is 0.166 e. The molecule has 0 fully saturated rings. The molecule has 0 aliphatic heterocycles. The Hall–Kier alpha value is -1.73. The molecule has 2 aromatic rings. The van der Waals surface area contributed by atoms with Crippen LogP contribution in [0.5, 0.6) is 0 Å². The van der Waals surface area contributed by atoms with Crippen molar-refractivity contribution in [3.8, 4) is 0 Å². The molecule has 1 atom stereocenters. The Morgan fingerprint density at radius 2 is 1.57 bits per heavy atom. The molecule has 21 heavy (non-hydrogen) atoms. The van der Waals surface area contributed by atoms with Crippen molar-refractivity contribution in [1.82, 2.24) is 0 Å². The summed E-state index contributed by atoms with van der Waals surface area (Å²) in [5, 5.41) is 0. The van der Waals surface area contributed by atoms with Gasteiger partial charge in [-0.1, -0.05) is 43.3 Å². The van der Waals surface area contributed by atoms with Gasteiger partial charge in [0.25, 0.3) is 0 Å². The lowest BCUT2D eigenvalue weighted by atomic mass is 10.2. The Labute approximate surface area is 130 Å². The van der Waals surface area contributed by atoms with Crippen molar-refractivity contribution in [1.29, 1.82) is 0 Å². The van der Waals surface area contributed by atoms with Crippen molar-refractivity contribution in [3.63, 3.8) is 0 Å². The van der Waals surface area contributed by atoms with E-state index in [1.165, 1.54) is 26.7 Å². The summed E-state index contributed by atoms with van der Waals surface area (Å²) in [7, 11) is 0.0264. The highest BCUT2D eigenvalue weighted by Crippen LogP contribution is 2.33. The highest BCUT2D eigenvalue weighted by Gasteiger charge is 2.29. The summed E-state index contributed by atoms with van der Waals surface area (Å²) in [6.45, 7) is 2.21. The number of allylic oxidation sites excluding steroid dienone is 3. The molecular weight excluding hydrogens is 272 g/mol. The van der Waals surface area contributed by atoms with Crippen LogP contribution in [-0.4, -0.2) is 0 Å². The van der Waals surface area contributed by atoms with Crippen molar-refractivity contribution < 1.29 is 0 Å². The first-order chi connectivity index (χ1) is 10.4. The van der Waals surface area contributed by atoms with Gasteiger partial charge >= 0.3 is 0 Å². The molecule has 0 amide bonds. The summed E-state index contributed by atoms with van der Waals surface area (Å²) >= 11 is 0. The van der Waals surface area contributed by atoms with Gasteiger partial charge in [0, 0.05) is 0 Å². The smallest absolute Gasteiger partial charge is 0.0792 e. The van der Waals surface area contributed by atoms with Gasteiger partial charge in [-0.25, -0.2) is 0 Å². The van der Waals surface area contributed by atoms with Gasteiger partial charge in [0.05, 0.1) is 10.9 Å². The van der Waals surface area contributed by atoms with Crippen LogP contribution in [-0.2, 0) is 17.3 Å². The summed E-state index contributed by atoms with van der Waals surface area (Å²) in [5.41, 5.74) is 1.41. The molecule has 3 rings (SSSR count). The Morgan fingerprint density at radius 1 is 0.857 bits per heavy atom. The van der Waals surface area contributed by atoms with Gasteiger partial charge in [0.1, 0.15) is 0 Å². The molecule has 0 spiro atoms. The minimum atomic E-state index is 0.0264. The molecule has 0 radical (unpaired) electrons. The number of hydrogen-bond donors (Lipinski definition) is 0. The molecular formula is C20H21S+. The molecule has 1 unspecified atom stereocenters. The maximum atomic E-state index is 2.41. The third-order valence-corrected chi connectivity index (χ3v) is 6.00. The van der Waals surface area contributed by atoms with Crippen molar-refractivity contribution in [2.45, 2.75) is 36.0 Å². The van der Waals surface area contributed by atoms with Gasteiger partial charge in [-0.05, 0) is 61.2 Å². The average molecular weight is 293 g/mol. The Bertz CT molecular complexity index is 635. The van der Waals surface area contributed by atoms with E-state index in [4.69, 9.17) is 0 Å². The molecule has 1 aliphatic carbocycles. The summed E-state index contributed by atoms with van der Waals surface area (Å²) in [5.74, 6) is 0. The Morgan fingerprint density at radius 3 is 2.19 bits per heavy atom. The minimum Gasteiger partial charge on any atom is -0.0792 e. The fourth-order valence-electron chi connectivity index (χ4n) is 2.57. The third-order valence-electron chi connectivity index (χ3n) is 3.74. The quantitative estimate of drug-likeness (QED) is 0.651. The lowest BCUT2D eigenvalue weighted by Crippen LogP contribution is -2.07. The van der Waals surface area contributed by atoms with Crippen LogP contribution < -0.4 is 0 Å². The summed E-state index contributed by atoms with van der Waals surface area (Å²) in [4.78, 5) is 4.27. The van der Waals surface area contributed by atoms with Crippen molar-refractivity contribution in [2.75, 3.05) is 0 Å². The Kier molecular flexibility index (Phi) is 4.62. The van der Waals surface area contributed by atoms with E-state index in [0.717, 1.165) is 12.8 Å². The van der Waals surface area contributed by atoms with Crippen LogP contribution >= 0.6 is 0 Å². The van der Waals surface area contributed by atoms with E-state index >= 15 is 0 Å². The normalized spacial score (nSPS) is 15.6. The maximum absolute atomic E-state index is 2.41. The van der Waals surface area contributed by atoms with E-state index < -0.39 is 0 Å². The molecule has 0 saturated carbocycles. The highest BCUT2D eigenvalue weighted by molar-refractivity contribution is 8.00. The molecule has 0 saturated heterocycles. The second-order valence-corrected chi connectivity index (χ2v) is 7.23. The Balaban J connectivity index is 2.03. The molecule has 106 valence electrons. The molecule has 2 aromatic carbocycles. The van der Waals surface area contributed by atoms with Gasteiger partial charge in [-0.3, -0.25) is 0 Å². The van der Waals surface area contributed by atoms with E-state index in [-0.39, 0.29) is 10.9 Å². The number of benzene rings is 2. The molecule has 0 aromatic heterocycles. The fourth-order valence-corrected chi connectivity index (χ4v) is 4.74. The predicted octanol–water partition coefficient (Wildman–Crippen LogP) is 5.52. The van der Waals surface area contributed by atoms with Crippen LogP contribution in [0.3, 0.4) is 0 Å². The van der Waals surface area contributed by atoms with E-state index in [9.17, 15) is 0 Å². The van der Waals surface area contributed by atoms with Crippen molar-refractivity contribution in [2.24, 2.45) is 0 Å². The minimum absolute atomic E-state index is 0.0264. The third kappa shape index (κ3) is 3.30. The molecule has 0 N–H and O–H groups in total. The van der Waals surface area contributed by atoms with Crippen LogP contribution in [0.15, 0.2) is 87.5 Å². The lowest BCUT2D eigenvalue weighted by molar-refractivity contribution is 1.03. The highest BCUT2D eigenvalue weighted by atomic mass is 32.2. The zero-order valence-electron chi connectivity index (χ0n) is 12.5. The number of rotatable bonds is 4. The number of hydrogen-bond acceptors (Lipinski definition) is 0. The van der Waals surface area contributed by atoms with E-state index in [2.05, 4.69) is 79.7 Å². The first kappa shape index (κ1) is 14.2. The maximum Gasteiger partial charge on any atom is 0.166 e. The average Bonchev–Trinajstić information content (AvgIpc) is 2.58. The van der Waals surface area contributed by atoms with E-state index in [1.54, 1.807) is 0 Å². The first-order valence-electron chi connectivity index (χ1n) is 7.63. The monoisotopic (exact) mass is 293 g/mol. The zero-order chi connectivity index (χ0) is 14.5. The van der Waals surface area contributed by atoms with Crippen LogP contribution in [0.2, 0.25) is 0 Å². The summed E-state index contributed by atoms with van der Waals surface area (Å²) < 4.78 is 0. The molecule has 0 heterocycles.